The monoisotopic (exact) mass is 605 g/mol. The molecule has 2 N–H and O–H groups in total. The summed E-state index contributed by atoms with van der Waals surface area (Å²) in [5, 5.41) is 7.19. The molecule has 0 unspecified atom stereocenters. The number of esters is 1. The van der Waals surface area contributed by atoms with Crippen LogP contribution in [-0.2, 0) is 4.79 Å². The molecule has 1 heterocycles. The van der Waals surface area contributed by atoms with Gasteiger partial charge in [0.25, 0.3) is 5.91 Å². The van der Waals surface area contributed by atoms with Crippen LogP contribution in [0.4, 0.5) is 24.9 Å². The van der Waals surface area contributed by atoms with Crippen LogP contribution in [0.15, 0.2) is 24.3 Å². The Morgan fingerprint density at radius 2 is 1.56 bits per heavy atom. The first-order chi connectivity index (χ1) is 20.4. The summed E-state index contributed by atoms with van der Waals surface area (Å²) in [5.41, 5.74) is 1.56. The van der Waals surface area contributed by atoms with Crippen molar-refractivity contribution in [2.24, 2.45) is 0 Å². The molecule has 1 amide bonds. The van der Waals surface area contributed by atoms with Crippen LogP contribution >= 0.6 is 0 Å². The van der Waals surface area contributed by atoms with Crippen LogP contribution in [0.5, 0.6) is 23.0 Å². The molecule has 232 valence electrons. The minimum absolute atomic E-state index is 0.00635. The second kappa shape index (κ2) is 12.8. The smallest absolute Gasteiger partial charge is 0.491 e. The van der Waals surface area contributed by atoms with Crippen molar-refractivity contribution >= 4 is 34.5 Å². The molecule has 0 radical (unpaired) electrons. The number of benzene rings is 2. The summed E-state index contributed by atoms with van der Waals surface area (Å²) in [6, 6.07) is 6.88. The number of carbonyl (C=O) groups excluding carboxylic acids is 2. The quantitative estimate of drug-likeness (QED) is 0.263. The summed E-state index contributed by atoms with van der Waals surface area (Å²) in [4.78, 5) is 36.4. The van der Waals surface area contributed by atoms with Crippen molar-refractivity contribution in [3.8, 4) is 23.0 Å². The average molecular weight is 606 g/mol. The molecule has 0 atom stereocenters. The molecule has 1 saturated carbocycles. The zero-order valence-corrected chi connectivity index (χ0v) is 24.7. The normalized spacial score (nSPS) is 16.8. The number of nitrogens with one attached hydrogen (secondary N) is 2. The van der Waals surface area contributed by atoms with E-state index in [1.165, 1.54) is 14.2 Å². The third-order valence-electron chi connectivity index (χ3n) is 7.11. The maximum absolute atomic E-state index is 13.3. The Morgan fingerprint density at radius 3 is 2.14 bits per heavy atom. The molecular formula is C29H34F3N5O6. The van der Waals surface area contributed by atoms with E-state index in [9.17, 15) is 22.8 Å². The van der Waals surface area contributed by atoms with Gasteiger partial charge >= 0.3 is 12.1 Å². The van der Waals surface area contributed by atoms with E-state index in [1.807, 2.05) is 44.1 Å². The van der Waals surface area contributed by atoms with Gasteiger partial charge in [-0.15, -0.1) is 0 Å². The van der Waals surface area contributed by atoms with E-state index in [1.54, 1.807) is 0 Å². The van der Waals surface area contributed by atoms with Crippen LogP contribution in [0.25, 0.3) is 10.9 Å². The van der Waals surface area contributed by atoms with Crippen LogP contribution in [-0.4, -0.2) is 75.5 Å². The number of halogens is 3. The molecular weight excluding hydrogens is 571 g/mol. The first-order valence-electron chi connectivity index (χ1n) is 13.5. The fourth-order valence-electron chi connectivity index (χ4n) is 5.01. The molecule has 0 bridgehead atoms. The van der Waals surface area contributed by atoms with Gasteiger partial charge in [-0.05, 0) is 44.7 Å². The number of hydrogen-bond acceptors (Lipinski definition) is 10. The van der Waals surface area contributed by atoms with Gasteiger partial charge < -0.3 is 34.5 Å². The van der Waals surface area contributed by atoms with Crippen molar-refractivity contribution in [1.82, 2.24) is 15.3 Å². The summed E-state index contributed by atoms with van der Waals surface area (Å²) >= 11 is 0. The Balaban J connectivity index is 1.50. The number of anilines is 2. The van der Waals surface area contributed by atoms with Gasteiger partial charge in [0.05, 0.1) is 32.4 Å². The topological polar surface area (TPSA) is 124 Å². The molecule has 0 saturated heterocycles. The third-order valence-corrected chi connectivity index (χ3v) is 7.11. The fraction of sp³-hybridized carbons (Fsp3) is 0.448. The van der Waals surface area contributed by atoms with Gasteiger partial charge in [0, 0.05) is 37.6 Å². The zero-order chi connectivity index (χ0) is 31.5. The van der Waals surface area contributed by atoms with E-state index in [-0.39, 0.29) is 34.9 Å². The van der Waals surface area contributed by atoms with E-state index in [2.05, 4.69) is 20.4 Å². The zero-order valence-electron chi connectivity index (χ0n) is 24.7. The summed E-state index contributed by atoms with van der Waals surface area (Å²) in [7, 11) is 7.50. The van der Waals surface area contributed by atoms with E-state index >= 15 is 0 Å². The lowest BCUT2D eigenvalue weighted by Gasteiger charge is -2.30. The number of aryl methyl sites for hydroxylation is 1. The summed E-state index contributed by atoms with van der Waals surface area (Å²) in [5.74, 6) is -3.22. The Kier molecular flexibility index (Phi) is 9.36. The minimum Gasteiger partial charge on any atom is -0.493 e. The molecule has 4 rings (SSSR count). The molecule has 1 fully saturated rings. The van der Waals surface area contributed by atoms with E-state index in [0.717, 1.165) is 35.5 Å². The maximum Gasteiger partial charge on any atom is 0.491 e. The highest BCUT2D eigenvalue weighted by atomic mass is 19.4. The van der Waals surface area contributed by atoms with Crippen molar-refractivity contribution in [2.45, 2.75) is 50.9 Å². The predicted octanol–water partition coefficient (Wildman–Crippen LogP) is 4.65. The molecule has 2 aromatic carbocycles. The number of carbonyl (C=O) groups is 2. The Bertz CT molecular complexity index is 1510. The summed E-state index contributed by atoms with van der Waals surface area (Å²) < 4.78 is 59.4. The lowest BCUT2D eigenvalue weighted by Crippen LogP contribution is -2.40. The van der Waals surface area contributed by atoms with Crippen molar-refractivity contribution in [3.05, 3.63) is 35.4 Å². The van der Waals surface area contributed by atoms with Crippen molar-refractivity contribution < 1.29 is 41.7 Å². The van der Waals surface area contributed by atoms with Crippen LogP contribution < -0.4 is 34.5 Å². The highest BCUT2D eigenvalue weighted by Gasteiger charge is 2.43. The molecule has 3 aromatic rings. The van der Waals surface area contributed by atoms with Gasteiger partial charge in [-0.25, -0.2) is 9.78 Å². The maximum atomic E-state index is 13.3. The number of hydrogen-bond donors (Lipinski definition) is 2. The third kappa shape index (κ3) is 6.95. The predicted molar refractivity (Wildman–Crippen MR) is 154 cm³/mol. The lowest BCUT2D eigenvalue weighted by molar-refractivity contribution is -0.189. The molecule has 11 nitrogen and oxygen atoms in total. The van der Waals surface area contributed by atoms with Crippen LogP contribution in [0.3, 0.4) is 0 Å². The van der Waals surface area contributed by atoms with Gasteiger partial charge in [0.1, 0.15) is 5.82 Å². The Hall–Kier alpha value is -4.49. The standard InChI is InChI=1S/C29H34F3N5O6/c1-15-7-12-20-18(13-15)25(37(2)3)36-28(35-20)34-17-10-8-16(9-11-17)33-26(38)19-14-21(40-4)23(41-5)24(42-6)22(19)43-27(39)29(30,31)32/h7,12-14,16-17H,8-11H2,1-6H3,(H,33,38)(H,34,35,36). The van der Waals surface area contributed by atoms with Gasteiger partial charge in [-0.3, -0.25) is 4.79 Å². The average Bonchev–Trinajstić information content (AvgIpc) is 2.96. The Labute approximate surface area is 246 Å². The summed E-state index contributed by atoms with van der Waals surface area (Å²) in [6.45, 7) is 2.01. The number of ether oxygens (including phenoxy) is 4. The first-order valence-corrected chi connectivity index (χ1v) is 13.5. The number of amides is 1. The van der Waals surface area contributed by atoms with E-state index in [0.29, 0.717) is 31.6 Å². The van der Waals surface area contributed by atoms with Crippen LogP contribution in [0.1, 0.15) is 41.6 Å². The molecule has 1 aliphatic carbocycles. The van der Waals surface area contributed by atoms with Crippen molar-refractivity contribution in [2.75, 3.05) is 45.6 Å². The highest BCUT2D eigenvalue weighted by Crippen LogP contribution is 2.47. The van der Waals surface area contributed by atoms with Gasteiger partial charge in [-0.2, -0.15) is 18.2 Å². The molecule has 1 aliphatic rings. The largest absolute Gasteiger partial charge is 0.493 e. The molecule has 14 heteroatoms. The second-order valence-corrected chi connectivity index (χ2v) is 10.4. The van der Waals surface area contributed by atoms with Crippen molar-refractivity contribution in [1.29, 1.82) is 0 Å². The molecule has 43 heavy (non-hydrogen) atoms. The van der Waals surface area contributed by atoms with Gasteiger partial charge in [-0.1, -0.05) is 11.6 Å². The SMILES string of the molecule is COc1cc(C(=O)NC2CCC(Nc3nc(N(C)C)c4cc(C)ccc4n3)CC2)c(OC(=O)C(F)(F)F)c(OC)c1OC. The second-order valence-electron chi connectivity index (χ2n) is 10.4. The number of aromatic nitrogens is 2. The van der Waals surface area contributed by atoms with Crippen LogP contribution in [0, 0.1) is 6.92 Å². The first kappa shape index (κ1) is 31.4. The van der Waals surface area contributed by atoms with E-state index < -0.39 is 23.8 Å². The number of methoxy groups -OCH3 is 3. The van der Waals surface area contributed by atoms with Gasteiger partial charge in [0.15, 0.2) is 11.5 Å². The van der Waals surface area contributed by atoms with Crippen molar-refractivity contribution in [3.63, 3.8) is 0 Å². The minimum atomic E-state index is -5.31. The molecule has 0 spiro atoms. The number of nitrogens with zero attached hydrogens (tertiary/aromatic N) is 3. The molecule has 0 aliphatic heterocycles. The van der Waals surface area contributed by atoms with E-state index in [4.69, 9.17) is 19.2 Å². The number of rotatable bonds is 9. The number of alkyl halides is 3. The van der Waals surface area contributed by atoms with Crippen LogP contribution in [0.2, 0.25) is 0 Å². The van der Waals surface area contributed by atoms with Gasteiger partial charge in [0.2, 0.25) is 17.4 Å². The Morgan fingerprint density at radius 1 is 0.907 bits per heavy atom. The molecule has 1 aromatic heterocycles. The summed E-state index contributed by atoms with van der Waals surface area (Å²) in [6.07, 6.45) is -2.83. The highest BCUT2D eigenvalue weighted by molar-refractivity contribution is 6.00. The fourth-order valence-corrected chi connectivity index (χ4v) is 5.01. The number of fused-ring (bicyclic) bond motifs is 1. The lowest BCUT2D eigenvalue weighted by atomic mass is 9.91.